The van der Waals surface area contributed by atoms with Crippen LogP contribution in [0, 0.1) is 11.3 Å². The van der Waals surface area contributed by atoms with Crippen LogP contribution in [-0.4, -0.2) is 47.0 Å². The molecule has 2 unspecified atom stereocenters. The van der Waals surface area contributed by atoms with Gasteiger partial charge in [0.15, 0.2) is 0 Å². The summed E-state index contributed by atoms with van der Waals surface area (Å²) in [4.78, 5) is 26.5. The van der Waals surface area contributed by atoms with Gasteiger partial charge in [-0.05, 0) is 18.8 Å². The minimum Gasteiger partial charge on any atom is -0.350 e. The van der Waals surface area contributed by atoms with Crippen molar-refractivity contribution >= 4 is 36.0 Å². The van der Waals surface area contributed by atoms with E-state index in [4.69, 9.17) is 5.73 Å². The molecule has 0 bridgehead atoms. The molecule has 0 spiro atoms. The van der Waals surface area contributed by atoms with Crippen molar-refractivity contribution in [1.82, 2.24) is 10.2 Å². The fraction of sp³-hybridized carbons (Fsp3) is 0.857. The van der Waals surface area contributed by atoms with Crippen molar-refractivity contribution in [2.24, 2.45) is 17.1 Å². The van der Waals surface area contributed by atoms with Crippen LogP contribution in [0.1, 0.15) is 33.6 Å². The molecule has 1 saturated carbocycles. The molecule has 3 N–H and O–H groups in total. The molecule has 2 aliphatic rings. The fourth-order valence-electron chi connectivity index (χ4n) is 2.44. The maximum Gasteiger partial charge on any atom is 0.243 e. The Labute approximate surface area is 137 Å². The van der Waals surface area contributed by atoms with Gasteiger partial charge < -0.3 is 16.0 Å². The van der Waals surface area contributed by atoms with Gasteiger partial charge in [0.05, 0.1) is 5.88 Å². The molecule has 21 heavy (non-hydrogen) atoms. The lowest BCUT2D eigenvalue weighted by Gasteiger charge is -2.30. The highest BCUT2D eigenvalue weighted by atomic mass is 35.5. The van der Waals surface area contributed by atoms with E-state index in [1.54, 1.807) is 16.7 Å². The first-order valence-electron chi connectivity index (χ1n) is 7.24. The third kappa shape index (κ3) is 4.50. The number of carbonyl (C=O) groups is 2. The average Bonchev–Trinajstić information content (AvgIpc) is 3.10. The van der Waals surface area contributed by atoms with Crippen molar-refractivity contribution in [3.05, 3.63) is 0 Å². The smallest absolute Gasteiger partial charge is 0.243 e. The number of rotatable bonds is 4. The van der Waals surface area contributed by atoms with Crippen LogP contribution in [0.4, 0.5) is 0 Å². The highest BCUT2D eigenvalue weighted by molar-refractivity contribution is 7.99. The van der Waals surface area contributed by atoms with Gasteiger partial charge in [-0.15, -0.1) is 24.2 Å². The molecule has 2 amide bonds. The zero-order valence-electron chi connectivity index (χ0n) is 12.9. The minimum absolute atomic E-state index is 0. The zero-order valence-corrected chi connectivity index (χ0v) is 14.6. The highest BCUT2D eigenvalue weighted by Crippen LogP contribution is 2.33. The average molecular weight is 336 g/mol. The topological polar surface area (TPSA) is 75.4 Å². The molecule has 0 aromatic carbocycles. The second-order valence-electron chi connectivity index (χ2n) is 6.73. The van der Waals surface area contributed by atoms with Gasteiger partial charge in [-0.2, -0.15) is 0 Å². The number of amides is 2. The van der Waals surface area contributed by atoms with Gasteiger partial charge in [0.25, 0.3) is 0 Å². The van der Waals surface area contributed by atoms with Crippen molar-refractivity contribution in [2.45, 2.75) is 45.7 Å². The van der Waals surface area contributed by atoms with Gasteiger partial charge >= 0.3 is 0 Å². The van der Waals surface area contributed by atoms with Gasteiger partial charge in [0, 0.05) is 23.8 Å². The van der Waals surface area contributed by atoms with E-state index in [1.807, 2.05) is 20.8 Å². The molecule has 2 rings (SSSR count). The zero-order chi connectivity index (χ0) is 14.9. The number of nitrogens with zero attached hydrogens (tertiary/aromatic N) is 1. The maximum absolute atomic E-state index is 12.4. The Kier molecular flexibility index (Phi) is 6.37. The van der Waals surface area contributed by atoms with E-state index in [-0.39, 0.29) is 36.3 Å². The molecule has 1 aliphatic carbocycles. The van der Waals surface area contributed by atoms with E-state index in [9.17, 15) is 9.59 Å². The number of nitrogens with two attached hydrogens (primary N) is 1. The van der Waals surface area contributed by atoms with Crippen LogP contribution in [0.5, 0.6) is 0 Å². The van der Waals surface area contributed by atoms with Crippen molar-refractivity contribution in [1.29, 1.82) is 0 Å². The van der Waals surface area contributed by atoms with Crippen LogP contribution < -0.4 is 11.1 Å². The largest absolute Gasteiger partial charge is 0.350 e. The summed E-state index contributed by atoms with van der Waals surface area (Å²) in [7, 11) is 0. The third-order valence-corrected chi connectivity index (χ3v) is 4.87. The van der Waals surface area contributed by atoms with Crippen molar-refractivity contribution in [3.8, 4) is 0 Å². The summed E-state index contributed by atoms with van der Waals surface area (Å²) >= 11 is 1.63. The Morgan fingerprint density at radius 2 is 2.00 bits per heavy atom. The van der Waals surface area contributed by atoms with Crippen LogP contribution in [0.25, 0.3) is 0 Å². The van der Waals surface area contributed by atoms with Crippen LogP contribution in [0.3, 0.4) is 0 Å². The van der Waals surface area contributed by atoms with Crippen LogP contribution in [-0.2, 0) is 9.59 Å². The predicted octanol–water partition coefficient (Wildman–Crippen LogP) is 1.21. The van der Waals surface area contributed by atoms with E-state index in [0.29, 0.717) is 24.1 Å². The summed E-state index contributed by atoms with van der Waals surface area (Å²) in [5, 5.41) is 3.04. The number of nitrogens with one attached hydrogen (secondary N) is 1. The number of halogens is 1. The van der Waals surface area contributed by atoms with Crippen LogP contribution in [0.15, 0.2) is 0 Å². The summed E-state index contributed by atoms with van der Waals surface area (Å²) in [6, 6.07) is -0.279. The first kappa shape index (κ1) is 18.6. The summed E-state index contributed by atoms with van der Waals surface area (Å²) in [6.07, 6.45) is 2.29. The number of hydrogen-bond donors (Lipinski definition) is 2. The summed E-state index contributed by atoms with van der Waals surface area (Å²) in [6.45, 7) is 6.14. The summed E-state index contributed by atoms with van der Waals surface area (Å²) < 4.78 is 0. The number of carbonyl (C=O) groups excluding carboxylic acids is 2. The molecule has 7 heteroatoms. The molecule has 122 valence electrons. The van der Waals surface area contributed by atoms with Crippen molar-refractivity contribution in [3.63, 3.8) is 0 Å². The molecular formula is C14H26ClN3O2S. The van der Waals surface area contributed by atoms with E-state index in [2.05, 4.69) is 5.32 Å². The fourth-order valence-corrected chi connectivity index (χ4v) is 3.59. The molecular weight excluding hydrogens is 310 g/mol. The third-order valence-electron chi connectivity index (χ3n) is 3.86. The Bertz CT molecular complexity index is 396. The lowest BCUT2D eigenvalue weighted by molar-refractivity contribution is -0.144. The predicted molar refractivity (Wildman–Crippen MR) is 88.4 cm³/mol. The van der Waals surface area contributed by atoms with E-state index < -0.39 is 5.41 Å². The normalized spacial score (nSPS) is 23.4. The SMILES string of the molecule is CC(C)(C)C(=O)N1CSCC1C(=O)NC(CN)C1CC1.Cl. The van der Waals surface area contributed by atoms with Crippen LogP contribution >= 0.6 is 24.2 Å². The highest BCUT2D eigenvalue weighted by Gasteiger charge is 2.40. The van der Waals surface area contributed by atoms with Gasteiger partial charge in [-0.25, -0.2) is 0 Å². The Morgan fingerprint density at radius 3 is 2.48 bits per heavy atom. The minimum atomic E-state index is -0.451. The second-order valence-corrected chi connectivity index (χ2v) is 7.73. The lowest BCUT2D eigenvalue weighted by Crippen LogP contribution is -2.53. The lowest BCUT2D eigenvalue weighted by atomic mass is 9.94. The van der Waals surface area contributed by atoms with Crippen LogP contribution in [0.2, 0.25) is 0 Å². The first-order chi connectivity index (χ1) is 9.34. The molecule has 2 atom stereocenters. The maximum atomic E-state index is 12.4. The van der Waals surface area contributed by atoms with Gasteiger partial charge in [-0.3, -0.25) is 9.59 Å². The standard InChI is InChI=1S/C14H25N3O2S.ClH/c1-14(2,3)13(19)17-8-20-7-11(17)12(18)16-10(6-15)9-4-5-9;/h9-11H,4-8,15H2,1-3H3,(H,16,18);1H. The van der Waals surface area contributed by atoms with Crippen molar-refractivity contribution in [2.75, 3.05) is 18.2 Å². The quantitative estimate of drug-likeness (QED) is 0.809. The molecule has 1 heterocycles. The van der Waals surface area contributed by atoms with E-state index in [0.717, 1.165) is 12.8 Å². The molecule has 1 saturated heterocycles. The molecule has 0 aromatic rings. The Hall–Kier alpha value is -0.460. The van der Waals surface area contributed by atoms with Gasteiger partial charge in [0.2, 0.25) is 11.8 Å². The van der Waals surface area contributed by atoms with Gasteiger partial charge in [-0.1, -0.05) is 20.8 Å². The molecule has 5 nitrogen and oxygen atoms in total. The number of thioether (sulfide) groups is 1. The first-order valence-corrected chi connectivity index (χ1v) is 8.39. The molecule has 2 fully saturated rings. The Balaban J connectivity index is 0.00000220. The van der Waals surface area contributed by atoms with Crippen molar-refractivity contribution < 1.29 is 9.59 Å². The summed E-state index contributed by atoms with van der Waals surface area (Å²) in [5.41, 5.74) is 5.27. The van der Waals surface area contributed by atoms with E-state index >= 15 is 0 Å². The molecule has 1 aliphatic heterocycles. The van der Waals surface area contributed by atoms with Gasteiger partial charge in [0.1, 0.15) is 6.04 Å². The Morgan fingerprint density at radius 1 is 1.38 bits per heavy atom. The molecule has 0 aromatic heterocycles. The second kappa shape index (κ2) is 7.20. The monoisotopic (exact) mass is 335 g/mol. The summed E-state index contributed by atoms with van der Waals surface area (Å²) in [5.74, 6) is 1.80. The number of hydrogen-bond acceptors (Lipinski definition) is 4. The molecule has 0 radical (unpaired) electrons. The van der Waals surface area contributed by atoms with E-state index in [1.165, 1.54) is 0 Å².